The zero-order valence-electron chi connectivity index (χ0n) is 7.90. The first kappa shape index (κ1) is 14.8. The van der Waals surface area contributed by atoms with Crippen LogP contribution in [0.25, 0.3) is 0 Å². The first-order valence-electron chi connectivity index (χ1n) is 4.17. The first-order valence-corrected chi connectivity index (χ1v) is 5.42. The Morgan fingerprint density at radius 2 is 1.71 bits per heavy atom. The van der Waals surface area contributed by atoms with Crippen molar-refractivity contribution in [2.45, 2.75) is 17.1 Å². The number of rotatable bonds is 2. The first-order chi connectivity index (χ1) is 7.64. The van der Waals surface area contributed by atoms with Crippen molar-refractivity contribution in [3.63, 3.8) is 0 Å². The number of benzene rings is 1. The molecule has 0 amide bonds. The molecule has 0 fully saturated rings. The molecular formula is C9H5Cl3F4O. The van der Waals surface area contributed by atoms with Crippen LogP contribution in [-0.2, 0) is 6.18 Å². The Morgan fingerprint density at radius 3 is 2.12 bits per heavy atom. The van der Waals surface area contributed by atoms with Gasteiger partial charge in [0.05, 0.1) is 5.56 Å². The summed E-state index contributed by atoms with van der Waals surface area (Å²) in [5.74, 6) is -1.64. The maximum absolute atomic E-state index is 13.5. The Hall–Kier alpha value is -0.230. The summed E-state index contributed by atoms with van der Waals surface area (Å²) in [5, 5.41) is 8.99. The highest BCUT2D eigenvalue weighted by molar-refractivity contribution is 6.44. The number of hydrogen-bond donors (Lipinski definition) is 1. The predicted molar refractivity (Wildman–Crippen MR) is 56.9 cm³/mol. The van der Waals surface area contributed by atoms with E-state index in [1.165, 1.54) is 0 Å². The van der Waals surface area contributed by atoms with Crippen molar-refractivity contribution in [3.05, 3.63) is 34.1 Å². The summed E-state index contributed by atoms with van der Waals surface area (Å²) in [7, 11) is 0. The molecule has 0 aliphatic heterocycles. The van der Waals surface area contributed by atoms with E-state index < -0.39 is 34.1 Å². The van der Waals surface area contributed by atoms with Gasteiger partial charge in [-0.15, -0.1) is 23.2 Å². The summed E-state index contributed by atoms with van der Waals surface area (Å²) < 4.78 is 50.8. The van der Waals surface area contributed by atoms with Crippen LogP contribution in [0.3, 0.4) is 0 Å². The van der Waals surface area contributed by atoms with Crippen LogP contribution < -0.4 is 0 Å². The fourth-order valence-corrected chi connectivity index (χ4v) is 1.67. The van der Waals surface area contributed by atoms with Gasteiger partial charge in [0.15, 0.2) is 0 Å². The Balaban J connectivity index is 3.39. The Labute approximate surface area is 109 Å². The lowest BCUT2D eigenvalue weighted by Crippen LogP contribution is -2.14. The molecule has 0 aromatic heterocycles. The molecule has 8 heteroatoms. The van der Waals surface area contributed by atoms with Crippen molar-refractivity contribution in [1.82, 2.24) is 0 Å². The van der Waals surface area contributed by atoms with E-state index in [9.17, 15) is 22.7 Å². The maximum Gasteiger partial charge on any atom is 0.419 e. The van der Waals surface area contributed by atoms with Crippen molar-refractivity contribution in [2.75, 3.05) is 0 Å². The van der Waals surface area contributed by atoms with Crippen molar-refractivity contribution in [2.24, 2.45) is 0 Å². The van der Waals surface area contributed by atoms with Gasteiger partial charge in [0.25, 0.3) is 0 Å². The molecule has 96 valence electrons. The molecule has 1 N–H and O–H groups in total. The minimum atomic E-state index is -4.92. The van der Waals surface area contributed by atoms with Crippen LogP contribution in [0, 0.1) is 5.82 Å². The van der Waals surface area contributed by atoms with Gasteiger partial charge in [-0.05, 0) is 12.1 Å². The minimum Gasteiger partial charge on any atom is -0.385 e. The van der Waals surface area contributed by atoms with Crippen molar-refractivity contribution >= 4 is 34.8 Å². The molecule has 1 nitrogen and oxygen atoms in total. The van der Waals surface area contributed by atoms with Gasteiger partial charge in [0.1, 0.15) is 16.8 Å². The average Bonchev–Trinajstić information content (AvgIpc) is 2.18. The summed E-state index contributed by atoms with van der Waals surface area (Å²) in [5.41, 5.74) is -2.27. The highest BCUT2D eigenvalue weighted by Crippen LogP contribution is 2.37. The van der Waals surface area contributed by atoms with Gasteiger partial charge in [-0.3, -0.25) is 0 Å². The Bertz CT molecular complexity index is 419. The number of aliphatic hydroxyl groups excluding tert-OH is 1. The van der Waals surface area contributed by atoms with E-state index in [1.807, 2.05) is 0 Å². The predicted octanol–water partition coefficient (Wildman–Crippen LogP) is 4.33. The van der Waals surface area contributed by atoms with E-state index in [0.717, 1.165) is 6.07 Å². The van der Waals surface area contributed by atoms with Gasteiger partial charge < -0.3 is 5.11 Å². The third-order valence-electron chi connectivity index (χ3n) is 1.93. The zero-order chi connectivity index (χ0) is 13.4. The van der Waals surface area contributed by atoms with Crippen LogP contribution >= 0.6 is 34.8 Å². The summed E-state index contributed by atoms with van der Waals surface area (Å²) >= 11 is 16.0. The van der Waals surface area contributed by atoms with Crippen LogP contribution in [0.5, 0.6) is 0 Å². The van der Waals surface area contributed by atoms with E-state index in [-0.39, 0.29) is 5.02 Å². The average molecular weight is 311 g/mol. The molecule has 0 bridgehead atoms. The van der Waals surface area contributed by atoms with Gasteiger partial charge >= 0.3 is 6.18 Å². The van der Waals surface area contributed by atoms with Crippen molar-refractivity contribution in [1.29, 1.82) is 0 Å². The molecule has 0 saturated carbocycles. The normalized spacial score (nSPS) is 14.2. The Morgan fingerprint density at radius 1 is 1.18 bits per heavy atom. The van der Waals surface area contributed by atoms with Crippen LogP contribution in [-0.4, -0.2) is 9.94 Å². The lowest BCUT2D eigenvalue weighted by molar-refractivity contribution is -0.140. The standard InChI is InChI=1S/C9H5Cl3F4O/c10-3-1-4(7(17)8(11)12)6(13)5(2-3)9(14,15)16/h1-2,7-8,17H. The van der Waals surface area contributed by atoms with Crippen LogP contribution in [0.15, 0.2) is 12.1 Å². The summed E-state index contributed by atoms with van der Waals surface area (Å²) in [6.45, 7) is 0. The second-order valence-electron chi connectivity index (χ2n) is 3.13. The summed E-state index contributed by atoms with van der Waals surface area (Å²) in [6, 6.07) is 1.26. The lowest BCUT2D eigenvalue weighted by atomic mass is 10.1. The molecule has 0 saturated heterocycles. The van der Waals surface area contributed by atoms with Crippen molar-refractivity contribution < 1.29 is 22.7 Å². The third-order valence-corrected chi connectivity index (χ3v) is 2.62. The smallest absolute Gasteiger partial charge is 0.385 e. The van der Waals surface area contributed by atoms with Gasteiger partial charge in [-0.1, -0.05) is 11.6 Å². The van der Waals surface area contributed by atoms with Gasteiger partial charge in [-0.2, -0.15) is 13.2 Å². The molecule has 0 radical (unpaired) electrons. The second kappa shape index (κ2) is 5.18. The van der Waals surface area contributed by atoms with Gasteiger partial charge in [0.2, 0.25) is 0 Å². The third kappa shape index (κ3) is 3.37. The second-order valence-corrected chi connectivity index (χ2v) is 4.73. The van der Waals surface area contributed by atoms with Crippen LogP contribution in [0.4, 0.5) is 17.6 Å². The van der Waals surface area contributed by atoms with E-state index in [2.05, 4.69) is 0 Å². The maximum atomic E-state index is 13.5. The molecule has 0 aliphatic carbocycles. The van der Waals surface area contributed by atoms with Crippen LogP contribution in [0.1, 0.15) is 17.2 Å². The highest BCUT2D eigenvalue weighted by atomic mass is 35.5. The Kier molecular flexibility index (Phi) is 4.52. The van der Waals surface area contributed by atoms with Crippen LogP contribution in [0.2, 0.25) is 5.02 Å². The fourth-order valence-electron chi connectivity index (χ4n) is 1.17. The lowest BCUT2D eigenvalue weighted by Gasteiger charge is -2.16. The number of hydrogen-bond acceptors (Lipinski definition) is 1. The molecule has 1 atom stereocenters. The molecule has 1 unspecified atom stereocenters. The van der Waals surface area contributed by atoms with E-state index in [1.54, 1.807) is 0 Å². The highest BCUT2D eigenvalue weighted by Gasteiger charge is 2.37. The molecule has 0 aliphatic rings. The monoisotopic (exact) mass is 310 g/mol. The molecule has 1 rings (SSSR count). The molecule has 0 spiro atoms. The van der Waals surface area contributed by atoms with E-state index in [4.69, 9.17) is 34.8 Å². The van der Waals surface area contributed by atoms with Crippen molar-refractivity contribution in [3.8, 4) is 0 Å². The number of aliphatic hydroxyl groups is 1. The number of alkyl halides is 5. The molecule has 1 aromatic rings. The quantitative estimate of drug-likeness (QED) is 0.636. The number of halogens is 7. The van der Waals surface area contributed by atoms with E-state index >= 15 is 0 Å². The molecule has 0 heterocycles. The summed E-state index contributed by atoms with van der Waals surface area (Å²) in [6.07, 6.45) is -6.71. The molecule has 17 heavy (non-hydrogen) atoms. The minimum absolute atomic E-state index is 0.373. The largest absolute Gasteiger partial charge is 0.419 e. The van der Waals surface area contributed by atoms with Gasteiger partial charge in [-0.25, -0.2) is 4.39 Å². The van der Waals surface area contributed by atoms with Gasteiger partial charge in [0, 0.05) is 10.6 Å². The topological polar surface area (TPSA) is 20.2 Å². The molecule has 1 aromatic carbocycles. The SMILES string of the molecule is OC(c1cc(Cl)cc(C(F)(F)F)c1F)C(Cl)Cl. The summed E-state index contributed by atoms with van der Waals surface area (Å²) in [4.78, 5) is -1.47. The fraction of sp³-hybridized carbons (Fsp3) is 0.333. The molecular weight excluding hydrogens is 306 g/mol. The van der Waals surface area contributed by atoms with E-state index in [0.29, 0.717) is 6.07 Å². The zero-order valence-corrected chi connectivity index (χ0v) is 10.2.